The van der Waals surface area contributed by atoms with Crippen molar-refractivity contribution in [1.29, 1.82) is 0 Å². The van der Waals surface area contributed by atoms with Gasteiger partial charge in [-0.2, -0.15) is 0 Å². The van der Waals surface area contributed by atoms with Crippen LogP contribution in [0.2, 0.25) is 5.02 Å². The molecule has 0 radical (unpaired) electrons. The maximum Gasteiger partial charge on any atom is 0.240 e. The lowest BCUT2D eigenvalue weighted by molar-refractivity contribution is 0.584. The van der Waals surface area contributed by atoms with Crippen molar-refractivity contribution in [2.45, 2.75) is 4.90 Å². The summed E-state index contributed by atoms with van der Waals surface area (Å²) in [5.74, 6) is -0.678. The van der Waals surface area contributed by atoms with E-state index >= 15 is 0 Å². The van der Waals surface area contributed by atoms with Crippen molar-refractivity contribution in [1.82, 2.24) is 4.72 Å². The highest BCUT2D eigenvalue weighted by Crippen LogP contribution is 2.19. The van der Waals surface area contributed by atoms with Crippen molar-refractivity contribution in [3.05, 3.63) is 40.7 Å². The van der Waals surface area contributed by atoms with Gasteiger partial charge in [-0.15, -0.1) is 0 Å². The highest BCUT2D eigenvalue weighted by atomic mass is 35.5. The van der Waals surface area contributed by atoms with Crippen LogP contribution in [-0.4, -0.2) is 15.0 Å². The van der Waals surface area contributed by atoms with Crippen LogP contribution in [0.25, 0.3) is 0 Å². The lowest BCUT2D eigenvalue weighted by Crippen LogP contribution is -2.24. The Bertz CT molecular complexity index is 516. The second-order valence-corrected chi connectivity index (χ2v) is 5.63. The van der Waals surface area contributed by atoms with E-state index in [4.69, 9.17) is 23.2 Å². The van der Waals surface area contributed by atoms with Crippen molar-refractivity contribution in [3.8, 4) is 0 Å². The SMILES string of the molecule is C=C(Cl)CNS(=O)(=O)c1ccc(F)c(Cl)c1. The molecule has 0 unspecified atom stereocenters. The molecule has 1 aromatic rings. The van der Waals surface area contributed by atoms with Crippen LogP contribution in [0.15, 0.2) is 34.7 Å². The molecule has 0 fully saturated rings. The number of nitrogens with one attached hydrogen (secondary N) is 1. The molecular formula is C9H8Cl2FNO2S. The number of benzene rings is 1. The predicted octanol–water partition coefficient (Wildman–Crippen LogP) is 2.51. The standard InChI is InChI=1S/C9H8Cl2FNO2S/c1-6(10)5-13-16(14,15)7-2-3-9(12)8(11)4-7/h2-4,13H,1,5H2. The Morgan fingerprint density at radius 2 is 2.12 bits per heavy atom. The van der Waals surface area contributed by atoms with Gasteiger partial charge < -0.3 is 0 Å². The third-order valence-corrected chi connectivity index (χ3v) is 3.48. The van der Waals surface area contributed by atoms with Crippen LogP contribution in [0.5, 0.6) is 0 Å². The molecule has 0 aliphatic carbocycles. The fourth-order valence-electron chi connectivity index (χ4n) is 0.901. The van der Waals surface area contributed by atoms with Gasteiger partial charge in [-0.3, -0.25) is 0 Å². The van der Waals surface area contributed by atoms with Gasteiger partial charge in [-0.25, -0.2) is 17.5 Å². The number of sulfonamides is 1. The first-order chi connectivity index (χ1) is 7.33. The van der Waals surface area contributed by atoms with Crippen molar-refractivity contribution < 1.29 is 12.8 Å². The van der Waals surface area contributed by atoms with Gasteiger partial charge in [0.15, 0.2) is 0 Å². The van der Waals surface area contributed by atoms with Crippen molar-refractivity contribution in [3.63, 3.8) is 0 Å². The molecule has 0 aliphatic rings. The molecule has 1 N–H and O–H groups in total. The Morgan fingerprint density at radius 3 is 2.62 bits per heavy atom. The minimum Gasteiger partial charge on any atom is -0.207 e. The van der Waals surface area contributed by atoms with Gasteiger partial charge in [-0.1, -0.05) is 29.8 Å². The molecule has 3 nitrogen and oxygen atoms in total. The lowest BCUT2D eigenvalue weighted by atomic mass is 10.3. The number of rotatable bonds is 4. The second-order valence-electron chi connectivity index (χ2n) is 2.92. The molecule has 0 saturated heterocycles. The van der Waals surface area contributed by atoms with E-state index in [1.54, 1.807) is 0 Å². The third-order valence-electron chi connectivity index (χ3n) is 1.66. The monoisotopic (exact) mass is 283 g/mol. The van der Waals surface area contributed by atoms with Crippen LogP contribution in [0.4, 0.5) is 4.39 Å². The van der Waals surface area contributed by atoms with E-state index < -0.39 is 15.8 Å². The van der Waals surface area contributed by atoms with Crippen LogP contribution < -0.4 is 4.72 Å². The van der Waals surface area contributed by atoms with Crippen LogP contribution in [0, 0.1) is 5.82 Å². The van der Waals surface area contributed by atoms with Gasteiger partial charge >= 0.3 is 0 Å². The zero-order valence-corrected chi connectivity index (χ0v) is 10.3. The highest BCUT2D eigenvalue weighted by molar-refractivity contribution is 7.89. The normalized spacial score (nSPS) is 11.4. The Labute approximate surface area is 103 Å². The second kappa shape index (κ2) is 5.14. The van der Waals surface area contributed by atoms with Crippen molar-refractivity contribution in [2.75, 3.05) is 6.54 Å². The number of halogens is 3. The summed E-state index contributed by atoms with van der Waals surface area (Å²) in [6, 6.07) is 3.11. The molecule has 88 valence electrons. The number of hydrogen-bond donors (Lipinski definition) is 1. The minimum absolute atomic E-state index is 0.0983. The molecule has 0 heterocycles. The summed E-state index contributed by atoms with van der Waals surface area (Å²) in [5.41, 5.74) is 0. The summed E-state index contributed by atoms with van der Waals surface area (Å²) < 4.78 is 38.2. The Hall–Kier alpha value is -0.620. The van der Waals surface area contributed by atoms with E-state index in [-0.39, 0.29) is 21.5 Å². The zero-order valence-electron chi connectivity index (χ0n) is 8.00. The molecule has 1 rings (SSSR count). The molecule has 0 spiro atoms. The molecule has 0 aliphatic heterocycles. The summed E-state index contributed by atoms with van der Waals surface area (Å²) in [5, 5.41) is -0.107. The van der Waals surface area contributed by atoms with E-state index in [9.17, 15) is 12.8 Å². The van der Waals surface area contributed by atoms with Gasteiger partial charge in [0.1, 0.15) is 5.82 Å². The van der Waals surface area contributed by atoms with Crippen LogP contribution in [0.3, 0.4) is 0 Å². The van der Waals surface area contributed by atoms with Gasteiger partial charge in [0.05, 0.1) is 9.92 Å². The molecule has 0 aromatic heterocycles. The van der Waals surface area contributed by atoms with Gasteiger partial charge in [0.2, 0.25) is 10.0 Å². The van der Waals surface area contributed by atoms with Gasteiger partial charge in [0.25, 0.3) is 0 Å². The molecule has 0 saturated carbocycles. The molecule has 7 heteroatoms. The first-order valence-electron chi connectivity index (χ1n) is 4.11. The maximum absolute atomic E-state index is 12.8. The molecule has 1 aromatic carbocycles. The van der Waals surface area contributed by atoms with E-state index in [0.717, 1.165) is 18.2 Å². The van der Waals surface area contributed by atoms with Crippen molar-refractivity contribution in [2.24, 2.45) is 0 Å². The molecule has 16 heavy (non-hydrogen) atoms. The van der Waals surface area contributed by atoms with Crippen LogP contribution in [0.1, 0.15) is 0 Å². The highest BCUT2D eigenvalue weighted by Gasteiger charge is 2.15. The zero-order chi connectivity index (χ0) is 12.3. The van der Waals surface area contributed by atoms with Gasteiger partial charge in [-0.05, 0) is 18.2 Å². The minimum atomic E-state index is -3.74. The van der Waals surface area contributed by atoms with Crippen molar-refractivity contribution >= 4 is 33.2 Å². The average Bonchev–Trinajstić information content (AvgIpc) is 2.19. The summed E-state index contributed by atoms with van der Waals surface area (Å²) in [6.45, 7) is 3.24. The van der Waals surface area contributed by atoms with Crippen LogP contribution >= 0.6 is 23.2 Å². The topological polar surface area (TPSA) is 46.2 Å². The molecule has 0 atom stereocenters. The van der Waals surface area contributed by atoms with E-state index in [2.05, 4.69) is 11.3 Å². The summed E-state index contributed by atoms with van der Waals surface area (Å²) in [4.78, 5) is -0.128. The lowest BCUT2D eigenvalue weighted by Gasteiger charge is -2.06. The fourth-order valence-corrected chi connectivity index (χ4v) is 2.34. The summed E-state index contributed by atoms with van der Waals surface area (Å²) >= 11 is 10.9. The van der Waals surface area contributed by atoms with E-state index in [1.807, 2.05) is 0 Å². The van der Waals surface area contributed by atoms with E-state index in [0.29, 0.717) is 0 Å². The largest absolute Gasteiger partial charge is 0.240 e. The Morgan fingerprint density at radius 1 is 1.50 bits per heavy atom. The quantitative estimate of drug-likeness (QED) is 0.923. The Balaban J connectivity index is 2.99. The molecule has 0 bridgehead atoms. The third kappa shape index (κ3) is 3.45. The maximum atomic E-state index is 12.8. The fraction of sp³-hybridized carbons (Fsp3) is 0.111. The molecular weight excluding hydrogens is 276 g/mol. The van der Waals surface area contributed by atoms with Crippen LogP contribution in [-0.2, 0) is 10.0 Å². The smallest absolute Gasteiger partial charge is 0.207 e. The van der Waals surface area contributed by atoms with E-state index in [1.165, 1.54) is 0 Å². The summed E-state index contributed by atoms with van der Waals surface area (Å²) in [7, 11) is -3.74. The average molecular weight is 284 g/mol. The number of hydrogen-bond acceptors (Lipinski definition) is 2. The van der Waals surface area contributed by atoms with Gasteiger partial charge in [0, 0.05) is 11.6 Å². The first kappa shape index (κ1) is 13.4. The predicted molar refractivity (Wildman–Crippen MR) is 61.6 cm³/mol. The molecule has 0 amide bonds. The Kier molecular flexibility index (Phi) is 4.32. The summed E-state index contributed by atoms with van der Waals surface area (Å²) in [6.07, 6.45) is 0. The first-order valence-corrected chi connectivity index (χ1v) is 6.35.